The van der Waals surface area contributed by atoms with Gasteiger partial charge in [0.05, 0.1) is 5.44 Å². The summed E-state index contributed by atoms with van der Waals surface area (Å²) < 4.78 is 0. The molecule has 0 rings (SSSR count). The predicted molar refractivity (Wildman–Crippen MR) is 33.5 cm³/mol. The standard InChI is InChI=1S/C3H8OS2/c4-3(6)1-2-5/h3-6H,1-2H2/t3-/m1/s1. The molecular weight excluding hydrogens is 116 g/mol. The second-order valence-corrected chi connectivity index (χ2v) is 2.04. The van der Waals surface area contributed by atoms with E-state index >= 15 is 0 Å². The third-order valence-electron chi connectivity index (χ3n) is 0.387. The van der Waals surface area contributed by atoms with E-state index in [1.54, 1.807) is 0 Å². The Morgan fingerprint density at radius 1 is 1.67 bits per heavy atom. The maximum absolute atomic E-state index is 8.37. The van der Waals surface area contributed by atoms with Crippen LogP contribution in [-0.2, 0) is 0 Å². The van der Waals surface area contributed by atoms with Gasteiger partial charge < -0.3 is 5.11 Å². The van der Waals surface area contributed by atoms with Gasteiger partial charge in [0.2, 0.25) is 0 Å². The van der Waals surface area contributed by atoms with Crippen LogP contribution in [0.15, 0.2) is 0 Å². The van der Waals surface area contributed by atoms with Gasteiger partial charge in [-0.15, -0.1) is 12.6 Å². The van der Waals surface area contributed by atoms with E-state index in [0.717, 1.165) is 0 Å². The Hall–Kier alpha value is 0.660. The van der Waals surface area contributed by atoms with Crippen molar-refractivity contribution in [3.8, 4) is 0 Å². The molecule has 38 valence electrons. The number of rotatable bonds is 2. The smallest absolute Gasteiger partial charge is 0.0972 e. The second-order valence-electron chi connectivity index (χ2n) is 0.993. The first-order valence-corrected chi connectivity index (χ1v) is 2.89. The highest BCUT2D eigenvalue weighted by atomic mass is 32.1. The average molecular weight is 124 g/mol. The minimum absolute atomic E-state index is 0.484. The van der Waals surface area contributed by atoms with E-state index in [2.05, 4.69) is 25.3 Å². The van der Waals surface area contributed by atoms with E-state index < -0.39 is 5.44 Å². The zero-order valence-corrected chi connectivity index (χ0v) is 5.12. The van der Waals surface area contributed by atoms with Crippen LogP contribution in [0.25, 0.3) is 0 Å². The first-order chi connectivity index (χ1) is 2.77. The SMILES string of the molecule is O[C@H](S)CCS. The van der Waals surface area contributed by atoms with Gasteiger partial charge in [0.25, 0.3) is 0 Å². The van der Waals surface area contributed by atoms with Crippen molar-refractivity contribution in [2.24, 2.45) is 0 Å². The Morgan fingerprint density at radius 2 is 2.17 bits per heavy atom. The van der Waals surface area contributed by atoms with Crippen LogP contribution in [0, 0.1) is 0 Å². The lowest BCUT2D eigenvalue weighted by Gasteiger charge is -1.94. The van der Waals surface area contributed by atoms with E-state index in [9.17, 15) is 0 Å². The summed E-state index contributed by atoms with van der Waals surface area (Å²) in [7, 11) is 0. The van der Waals surface area contributed by atoms with Crippen LogP contribution >= 0.6 is 25.3 Å². The number of aliphatic hydroxyl groups excluding tert-OH is 1. The topological polar surface area (TPSA) is 20.2 Å². The van der Waals surface area contributed by atoms with Crippen LogP contribution in [0.5, 0.6) is 0 Å². The molecule has 0 aliphatic rings. The third-order valence-corrected chi connectivity index (χ3v) is 0.904. The van der Waals surface area contributed by atoms with Gasteiger partial charge in [0.15, 0.2) is 0 Å². The lowest BCUT2D eigenvalue weighted by atomic mass is 10.5. The normalized spacial score (nSPS) is 14.5. The maximum Gasteiger partial charge on any atom is 0.0972 e. The Balaban J connectivity index is 2.63. The number of aliphatic hydroxyl groups is 1. The Bertz CT molecular complexity index is 30.0. The Kier molecular flexibility index (Phi) is 4.26. The van der Waals surface area contributed by atoms with E-state index in [-0.39, 0.29) is 0 Å². The summed E-state index contributed by atoms with van der Waals surface area (Å²) in [5.41, 5.74) is -0.484. The Morgan fingerprint density at radius 3 is 2.17 bits per heavy atom. The zero-order valence-electron chi connectivity index (χ0n) is 3.33. The molecule has 0 aliphatic heterocycles. The minimum atomic E-state index is -0.484. The molecule has 0 amide bonds. The van der Waals surface area contributed by atoms with Crippen LogP contribution in [-0.4, -0.2) is 16.3 Å². The van der Waals surface area contributed by atoms with Gasteiger partial charge in [0, 0.05) is 0 Å². The van der Waals surface area contributed by atoms with Gasteiger partial charge in [0.1, 0.15) is 0 Å². The van der Waals surface area contributed by atoms with Gasteiger partial charge in [-0.2, -0.15) is 12.6 Å². The highest BCUT2D eigenvalue weighted by molar-refractivity contribution is 7.81. The van der Waals surface area contributed by atoms with Crippen LogP contribution in [0.4, 0.5) is 0 Å². The third kappa shape index (κ3) is 4.66. The average Bonchev–Trinajstić information content (AvgIpc) is 1.35. The molecule has 0 fully saturated rings. The molecule has 0 bridgehead atoms. The van der Waals surface area contributed by atoms with Gasteiger partial charge in [-0.05, 0) is 12.2 Å². The molecule has 0 aromatic carbocycles. The summed E-state index contributed by atoms with van der Waals surface area (Å²) in [4.78, 5) is 0. The molecule has 1 nitrogen and oxygen atoms in total. The van der Waals surface area contributed by atoms with E-state index in [0.29, 0.717) is 12.2 Å². The fourth-order valence-corrected chi connectivity index (χ4v) is 0.693. The van der Waals surface area contributed by atoms with E-state index in [1.165, 1.54) is 0 Å². The maximum atomic E-state index is 8.37. The molecule has 0 aliphatic carbocycles. The molecule has 0 heterocycles. The van der Waals surface area contributed by atoms with Crippen LogP contribution in [0.2, 0.25) is 0 Å². The van der Waals surface area contributed by atoms with Gasteiger partial charge in [-0.25, -0.2) is 0 Å². The van der Waals surface area contributed by atoms with Crippen LogP contribution < -0.4 is 0 Å². The molecule has 6 heavy (non-hydrogen) atoms. The summed E-state index contributed by atoms with van der Waals surface area (Å²) >= 11 is 7.54. The number of hydrogen-bond donors (Lipinski definition) is 3. The number of thiol groups is 2. The molecule has 0 radical (unpaired) electrons. The summed E-state index contributed by atoms with van der Waals surface area (Å²) in [6.07, 6.45) is 0.659. The molecule has 1 atom stereocenters. The molecular formula is C3H8OS2. The molecule has 0 saturated heterocycles. The van der Waals surface area contributed by atoms with Crippen molar-refractivity contribution in [2.45, 2.75) is 11.9 Å². The number of hydrogen-bond acceptors (Lipinski definition) is 3. The van der Waals surface area contributed by atoms with Crippen molar-refractivity contribution in [1.29, 1.82) is 0 Å². The fraction of sp³-hybridized carbons (Fsp3) is 1.00. The monoisotopic (exact) mass is 124 g/mol. The van der Waals surface area contributed by atoms with Crippen molar-refractivity contribution in [3.63, 3.8) is 0 Å². The first kappa shape index (κ1) is 6.66. The van der Waals surface area contributed by atoms with Crippen LogP contribution in [0.3, 0.4) is 0 Å². The lowest BCUT2D eigenvalue weighted by molar-refractivity contribution is 0.263. The lowest BCUT2D eigenvalue weighted by Crippen LogP contribution is -1.94. The minimum Gasteiger partial charge on any atom is -0.383 e. The largest absolute Gasteiger partial charge is 0.383 e. The quantitative estimate of drug-likeness (QED) is 0.363. The highest BCUT2D eigenvalue weighted by Gasteiger charge is 1.88. The summed E-state index contributed by atoms with van der Waals surface area (Å²) in [6, 6.07) is 0. The van der Waals surface area contributed by atoms with E-state index in [1.807, 2.05) is 0 Å². The summed E-state index contributed by atoms with van der Waals surface area (Å²) in [6.45, 7) is 0. The van der Waals surface area contributed by atoms with Crippen molar-refractivity contribution in [3.05, 3.63) is 0 Å². The van der Waals surface area contributed by atoms with Crippen molar-refractivity contribution in [2.75, 3.05) is 5.75 Å². The highest BCUT2D eigenvalue weighted by Crippen LogP contribution is 1.95. The molecule has 3 heteroatoms. The van der Waals surface area contributed by atoms with Crippen LogP contribution in [0.1, 0.15) is 6.42 Å². The van der Waals surface area contributed by atoms with Gasteiger partial charge >= 0.3 is 0 Å². The summed E-state index contributed by atoms with van der Waals surface area (Å²) in [5.74, 6) is 0.699. The molecule has 0 aromatic rings. The molecule has 0 saturated carbocycles. The predicted octanol–water partition coefficient (Wildman–Crippen LogP) is 0.554. The van der Waals surface area contributed by atoms with Crippen molar-refractivity contribution < 1.29 is 5.11 Å². The van der Waals surface area contributed by atoms with Crippen molar-refractivity contribution in [1.82, 2.24) is 0 Å². The molecule has 0 spiro atoms. The summed E-state index contributed by atoms with van der Waals surface area (Å²) in [5, 5.41) is 8.37. The van der Waals surface area contributed by atoms with E-state index in [4.69, 9.17) is 5.11 Å². The zero-order chi connectivity index (χ0) is 4.99. The fourth-order valence-electron chi connectivity index (χ4n) is 0.115. The van der Waals surface area contributed by atoms with Gasteiger partial charge in [-0.1, -0.05) is 0 Å². The molecule has 0 aromatic heterocycles. The Labute approximate surface area is 48.6 Å². The second kappa shape index (κ2) is 3.84. The van der Waals surface area contributed by atoms with Gasteiger partial charge in [-0.3, -0.25) is 0 Å². The first-order valence-electron chi connectivity index (χ1n) is 1.74. The van der Waals surface area contributed by atoms with Crippen molar-refractivity contribution >= 4 is 25.3 Å². The molecule has 0 unspecified atom stereocenters. The molecule has 1 N–H and O–H groups in total.